The summed E-state index contributed by atoms with van der Waals surface area (Å²) in [6.07, 6.45) is 1.87. The first-order valence-electron chi connectivity index (χ1n) is 6.83. The Morgan fingerprint density at radius 2 is 2.14 bits per heavy atom. The van der Waals surface area contributed by atoms with Crippen LogP contribution in [0, 0.1) is 6.92 Å². The first kappa shape index (κ1) is 17.1. The minimum absolute atomic E-state index is 0.0546. The normalized spacial score (nSPS) is 13.0. The Hall–Kier alpha value is -1.30. The monoisotopic (exact) mass is 356 g/mol. The third-order valence-electron chi connectivity index (χ3n) is 3.10. The Balaban J connectivity index is 1.95. The molecule has 0 bridgehead atoms. The van der Waals surface area contributed by atoms with Crippen LogP contribution >= 0.6 is 34.5 Å². The molecule has 0 saturated heterocycles. The van der Waals surface area contributed by atoms with Crippen LogP contribution in [0.25, 0.3) is 0 Å². The topological polar surface area (TPSA) is 49.3 Å². The number of hydrogen-bond acceptors (Lipinski definition) is 3. The molecule has 7 heteroatoms. The molecule has 4 nitrogen and oxygen atoms in total. The molecule has 0 aliphatic carbocycles. The summed E-state index contributed by atoms with van der Waals surface area (Å²) in [4.78, 5) is 9.75. The standard InChI is InChI=1S/C15H18Cl2N4S/c1-9-7-19-14(22-9)8-20-15(18-3)21-10(2)11-4-5-12(16)13(17)6-11/h4-7,10H,8H2,1-3H3,(H2,18,20,21). The van der Waals surface area contributed by atoms with Crippen molar-refractivity contribution in [3.8, 4) is 0 Å². The SMILES string of the molecule is CN=C(NCc1ncc(C)s1)NC(C)c1ccc(Cl)c(Cl)c1. The van der Waals surface area contributed by atoms with Gasteiger partial charge in [-0.3, -0.25) is 4.99 Å². The third-order valence-corrected chi connectivity index (χ3v) is 4.75. The van der Waals surface area contributed by atoms with Crippen molar-refractivity contribution in [1.82, 2.24) is 15.6 Å². The first-order chi connectivity index (χ1) is 10.5. The average molecular weight is 357 g/mol. The van der Waals surface area contributed by atoms with Gasteiger partial charge in [-0.05, 0) is 31.5 Å². The molecule has 1 unspecified atom stereocenters. The lowest BCUT2D eigenvalue weighted by Gasteiger charge is -2.18. The second kappa shape index (κ2) is 7.81. The van der Waals surface area contributed by atoms with Crippen LogP contribution in [-0.4, -0.2) is 18.0 Å². The second-order valence-electron chi connectivity index (χ2n) is 4.83. The van der Waals surface area contributed by atoms with Crippen molar-refractivity contribution in [1.29, 1.82) is 0 Å². The van der Waals surface area contributed by atoms with Crippen LogP contribution in [0.5, 0.6) is 0 Å². The Kier molecular flexibility index (Phi) is 6.06. The van der Waals surface area contributed by atoms with Crippen LogP contribution in [0.3, 0.4) is 0 Å². The molecule has 2 rings (SSSR count). The lowest BCUT2D eigenvalue weighted by molar-refractivity contribution is 0.685. The molecule has 2 aromatic rings. The van der Waals surface area contributed by atoms with E-state index in [0.717, 1.165) is 10.6 Å². The predicted octanol–water partition coefficient (Wildman–Crippen LogP) is 4.18. The van der Waals surface area contributed by atoms with E-state index in [1.54, 1.807) is 24.5 Å². The van der Waals surface area contributed by atoms with Gasteiger partial charge in [-0.25, -0.2) is 4.98 Å². The largest absolute Gasteiger partial charge is 0.350 e. The molecule has 0 aliphatic heterocycles. The minimum atomic E-state index is 0.0546. The highest BCUT2D eigenvalue weighted by atomic mass is 35.5. The van der Waals surface area contributed by atoms with E-state index in [9.17, 15) is 0 Å². The number of guanidine groups is 1. The maximum absolute atomic E-state index is 6.06. The van der Waals surface area contributed by atoms with E-state index < -0.39 is 0 Å². The Bertz CT molecular complexity index is 669. The summed E-state index contributed by atoms with van der Waals surface area (Å²) in [5, 5.41) is 8.71. The van der Waals surface area contributed by atoms with Gasteiger partial charge < -0.3 is 10.6 Å². The predicted molar refractivity (Wildman–Crippen MR) is 95.1 cm³/mol. The summed E-state index contributed by atoms with van der Waals surface area (Å²) in [5.74, 6) is 0.714. The molecular formula is C15H18Cl2N4S. The Morgan fingerprint density at radius 1 is 1.36 bits per heavy atom. The number of nitrogens with one attached hydrogen (secondary N) is 2. The summed E-state index contributed by atoms with van der Waals surface area (Å²) < 4.78 is 0. The molecule has 22 heavy (non-hydrogen) atoms. The molecule has 1 heterocycles. The van der Waals surface area contributed by atoms with Crippen molar-refractivity contribution in [3.63, 3.8) is 0 Å². The van der Waals surface area contributed by atoms with Crippen molar-refractivity contribution in [2.45, 2.75) is 26.4 Å². The lowest BCUT2D eigenvalue weighted by atomic mass is 10.1. The number of aryl methyl sites for hydroxylation is 1. The van der Waals surface area contributed by atoms with Crippen LogP contribution in [0.4, 0.5) is 0 Å². The van der Waals surface area contributed by atoms with Gasteiger partial charge in [0, 0.05) is 18.1 Å². The van der Waals surface area contributed by atoms with Crippen LogP contribution in [-0.2, 0) is 6.54 Å². The van der Waals surface area contributed by atoms with Crippen LogP contribution < -0.4 is 10.6 Å². The van der Waals surface area contributed by atoms with E-state index in [1.165, 1.54) is 4.88 Å². The lowest BCUT2D eigenvalue weighted by Crippen LogP contribution is -2.38. The highest BCUT2D eigenvalue weighted by Crippen LogP contribution is 2.25. The summed E-state index contributed by atoms with van der Waals surface area (Å²) >= 11 is 13.7. The zero-order valence-corrected chi connectivity index (χ0v) is 15.0. The average Bonchev–Trinajstić information content (AvgIpc) is 2.91. The molecule has 0 saturated carbocycles. The molecular weight excluding hydrogens is 339 g/mol. The number of halogens is 2. The molecule has 0 radical (unpaired) electrons. The van der Waals surface area contributed by atoms with Gasteiger partial charge in [-0.1, -0.05) is 29.3 Å². The number of aromatic nitrogens is 1. The third kappa shape index (κ3) is 4.60. The molecule has 0 amide bonds. The van der Waals surface area contributed by atoms with Crippen molar-refractivity contribution < 1.29 is 0 Å². The zero-order chi connectivity index (χ0) is 16.1. The van der Waals surface area contributed by atoms with Gasteiger partial charge in [0.25, 0.3) is 0 Å². The molecule has 1 atom stereocenters. The van der Waals surface area contributed by atoms with Gasteiger partial charge in [-0.15, -0.1) is 11.3 Å². The summed E-state index contributed by atoms with van der Waals surface area (Å²) in [6.45, 7) is 4.73. The number of hydrogen-bond donors (Lipinski definition) is 2. The molecule has 1 aromatic carbocycles. The highest BCUT2D eigenvalue weighted by molar-refractivity contribution is 7.11. The minimum Gasteiger partial charge on any atom is -0.350 e. The van der Waals surface area contributed by atoms with E-state index in [1.807, 2.05) is 32.2 Å². The molecule has 2 N–H and O–H groups in total. The van der Waals surface area contributed by atoms with Gasteiger partial charge in [0.15, 0.2) is 5.96 Å². The maximum Gasteiger partial charge on any atom is 0.191 e. The second-order valence-corrected chi connectivity index (χ2v) is 6.96. The Labute approximate surface area is 144 Å². The van der Waals surface area contributed by atoms with Crippen LogP contribution in [0.15, 0.2) is 29.4 Å². The zero-order valence-electron chi connectivity index (χ0n) is 12.7. The van der Waals surface area contributed by atoms with E-state index in [0.29, 0.717) is 22.5 Å². The van der Waals surface area contributed by atoms with Gasteiger partial charge in [0.05, 0.1) is 22.6 Å². The van der Waals surface area contributed by atoms with Gasteiger partial charge >= 0.3 is 0 Å². The van der Waals surface area contributed by atoms with Crippen molar-refractivity contribution >= 4 is 40.5 Å². The van der Waals surface area contributed by atoms with E-state index in [4.69, 9.17) is 23.2 Å². The molecule has 118 valence electrons. The van der Waals surface area contributed by atoms with Gasteiger partial charge in [0.2, 0.25) is 0 Å². The molecule has 0 spiro atoms. The molecule has 0 aliphatic rings. The van der Waals surface area contributed by atoms with Gasteiger partial charge in [0.1, 0.15) is 5.01 Å². The van der Waals surface area contributed by atoms with E-state index in [2.05, 4.69) is 20.6 Å². The van der Waals surface area contributed by atoms with Gasteiger partial charge in [-0.2, -0.15) is 0 Å². The number of aliphatic imine (C=N–C) groups is 1. The smallest absolute Gasteiger partial charge is 0.191 e. The summed E-state index contributed by atoms with van der Waals surface area (Å²) in [7, 11) is 1.74. The fourth-order valence-corrected chi connectivity index (χ4v) is 2.94. The molecule has 0 fully saturated rings. The summed E-state index contributed by atoms with van der Waals surface area (Å²) in [6, 6.07) is 5.66. The fourth-order valence-electron chi connectivity index (χ4n) is 1.91. The van der Waals surface area contributed by atoms with Crippen molar-refractivity contribution in [2.75, 3.05) is 7.05 Å². The van der Waals surface area contributed by atoms with E-state index >= 15 is 0 Å². The van der Waals surface area contributed by atoms with Crippen molar-refractivity contribution in [3.05, 3.63) is 49.9 Å². The van der Waals surface area contributed by atoms with Crippen molar-refractivity contribution in [2.24, 2.45) is 4.99 Å². The van der Waals surface area contributed by atoms with E-state index in [-0.39, 0.29) is 6.04 Å². The number of thiazole rings is 1. The number of nitrogens with zero attached hydrogens (tertiary/aromatic N) is 2. The number of rotatable bonds is 4. The summed E-state index contributed by atoms with van der Waals surface area (Å²) in [5.41, 5.74) is 1.04. The highest BCUT2D eigenvalue weighted by Gasteiger charge is 2.10. The van der Waals surface area contributed by atoms with Crippen LogP contribution in [0.1, 0.15) is 28.4 Å². The first-order valence-corrected chi connectivity index (χ1v) is 8.40. The van der Waals surface area contributed by atoms with Crippen LogP contribution in [0.2, 0.25) is 10.0 Å². The fraction of sp³-hybridized carbons (Fsp3) is 0.333. The quantitative estimate of drug-likeness (QED) is 0.637. The maximum atomic E-state index is 6.06. The number of benzene rings is 1. The Morgan fingerprint density at radius 3 is 2.73 bits per heavy atom. The molecule has 1 aromatic heterocycles.